The lowest BCUT2D eigenvalue weighted by atomic mass is 10.2. The number of ether oxygens (including phenoxy) is 2. The highest BCUT2D eigenvalue weighted by Gasteiger charge is 2.28. The van der Waals surface area contributed by atoms with Crippen molar-refractivity contribution in [2.45, 2.75) is 32.7 Å². The number of amides is 1. The van der Waals surface area contributed by atoms with Crippen LogP contribution in [0.4, 0.5) is 0 Å². The molecule has 1 fully saturated rings. The summed E-state index contributed by atoms with van der Waals surface area (Å²) < 4.78 is 16.9. The second-order valence-corrected chi connectivity index (χ2v) is 6.36. The predicted octanol–water partition coefficient (Wildman–Crippen LogP) is 3.76. The summed E-state index contributed by atoms with van der Waals surface area (Å²) in [5.41, 5.74) is 0. The van der Waals surface area contributed by atoms with Gasteiger partial charge in [-0.05, 0) is 38.1 Å². The molecule has 24 heavy (non-hydrogen) atoms. The van der Waals surface area contributed by atoms with E-state index < -0.39 is 0 Å². The highest BCUT2D eigenvalue weighted by molar-refractivity contribution is 6.32. The third kappa shape index (κ3) is 3.91. The smallest absolute Gasteiger partial charge is 0.289 e. The van der Waals surface area contributed by atoms with E-state index in [0.29, 0.717) is 35.4 Å². The number of carbonyl (C=O) groups excluding carboxylic acids is 1. The first-order valence-corrected chi connectivity index (χ1v) is 8.31. The molecule has 1 aromatic carbocycles. The Kier molecular flexibility index (Phi) is 5.11. The molecule has 0 bridgehead atoms. The lowest BCUT2D eigenvalue weighted by Gasteiger charge is -2.34. The van der Waals surface area contributed by atoms with Gasteiger partial charge >= 0.3 is 0 Å². The first-order chi connectivity index (χ1) is 11.5. The van der Waals surface area contributed by atoms with Gasteiger partial charge < -0.3 is 18.8 Å². The SMILES string of the molecule is C[C@H]1CN(C(=O)c2ccc(COc3ccccc3Cl)o2)C[C@H](C)O1. The predicted molar refractivity (Wildman–Crippen MR) is 90.4 cm³/mol. The summed E-state index contributed by atoms with van der Waals surface area (Å²) in [5, 5.41) is 0.539. The third-order valence-corrected chi connectivity index (χ3v) is 4.10. The van der Waals surface area contributed by atoms with Crippen LogP contribution >= 0.6 is 11.6 Å². The molecular weight excluding hydrogens is 330 g/mol. The Morgan fingerprint density at radius 3 is 2.62 bits per heavy atom. The van der Waals surface area contributed by atoms with E-state index in [1.54, 1.807) is 29.2 Å². The van der Waals surface area contributed by atoms with Crippen LogP contribution in [-0.2, 0) is 11.3 Å². The molecule has 1 aromatic heterocycles. The maximum Gasteiger partial charge on any atom is 0.289 e. The Balaban J connectivity index is 1.62. The van der Waals surface area contributed by atoms with Crippen LogP contribution in [0.2, 0.25) is 5.02 Å². The van der Waals surface area contributed by atoms with Gasteiger partial charge in [-0.25, -0.2) is 0 Å². The van der Waals surface area contributed by atoms with E-state index in [1.165, 1.54) is 0 Å². The highest BCUT2D eigenvalue weighted by atomic mass is 35.5. The Morgan fingerprint density at radius 2 is 1.92 bits per heavy atom. The van der Waals surface area contributed by atoms with Crippen LogP contribution in [0.5, 0.6) is 5.75 Å². The van der Waals surface area contributed by atoms with Crippen molar-refractivity contribution in [2.75, 3.05) is 13.1 Å². The number of rotatable bonds is 4. The number of halogens is 1. The first kappa shape index (κ1) is 16.9. The van der Waals surface area contributed by atoms with Gasteiger partial charge in [-0.15, -0.1) is 0 Å². The largest absolute Gasteiger partial charge is 0.484 e. The van der Waals surface area contributed by atoms with Crippen LogP contribution in [0.15, 0.2) is 40.8 Å². The first-order valence-electron chi connectivity index (χ1n) is 7.93. The number of carbonyl (C=O) groups is 1. The standard InChI is InChI=1S/C18H20ClNO4/c1-12-9-20(10-13(2)23-12)18(21)17-8-7-14(24-17)11-22-16-6-4-3-5-15(16)19/h3-8,12-13H,9-11H2,1-2H3/t12-,13-/m0/s1. The van der Waals surface area contributed by atoms with Gasteiger partial charge in [-0.1, -0.05) is 23.7 Å². The normalized spacial score (nSPS) is 20.9. The Morgan fingerprint density at radius 1 is 1.21 bits per heavy atom. The molecule has 2 heterocycles. The fraction of sp³-hybridized carbons (Fsp3) is 0.389. The number of nitrogens with zero attached hydrogens (tertiary/aromatic N) is 1. The molecule has 5 nitrogen and oxygen atoms in total. The summed E-state index contributed by atoms with van der Waals surface area (Å²) >= 11 is 6.05. The van der Waals surface area contributed by atoms with Gasteiger partial charge in [-0.3, -0.25) is 4.79 Å². The molecule has 0 radical (unpaired) electrons. The molecule has 1 saturated heterocycles. The number of furan rings is 1. The van der Waals surface area contributed by atoms with Crippen molar-refractivity contribution in [2.24, 2.45) is 0 Å². The van der Waals surface area contributed by atoms with Crippen LogP contribution in [0, 0.1) is 0 Å². The van der Waals surface area contributed by atoms with Crippen molar-refractivity contribution in [1.29, 1.82) is 0 Å². The monoisotopic (exact) mass is 349 g/mol. The number of morpholine rings is 1. The molecule has 3 rings (SSSR count). The van der Waals surface area contributed by atoms with Crippen LogP contribution < -0.4 is 4.74 Å². The van der Waals surface area contributed by atoms with E-state index in [4.69, 9.17) is 25.5 Å². The van der Waals surface area contributed by atoms with E-state index in [0.717, 1.165) is 0 Å². The van der Waals surface area contributed by atoms with Gasteiger partial charge in [-0.2, -0.15) is 0 Å². The van der Waals surface area contributed by atoms with Crippen LogP contribution in [0.3, 0.4) is 0 Å². The number of hydrogen-bond acceptors (Lipinski definition) is 4. The lowest BCUT2D eigenvalue weighted by Crippen LogP contribution is -2.48. The average Bonchev–Trinajstić information content (AvgIpc) is 3.01. The van der Waals surface area contributed by atoms with Crippen molar-refractivity contribution in [3.8, 4) is 5.75 Å². The number of para-hydroxylation sites is 1. The second-order valence-electron chi connectivity index (χ2n) is 5.95. The summed E-state index contributed by atoms with van der Waals surface area (Å²) in [6, 6.07) is 10.7. The molecule has 1 aliphatic rings. The summed E-state index contributed by atoms with van der Waals surface area (Å²) in [4.78, 5) is 14.3. The van der Waals surface area contributed by atoms with E-state index in [-0.39, 0.29) is 24.7 Å². The molecule has 2 atom stereocenters. The van der Waals surface area contributed by atoms with Crippen molar-refractivity contribution in [3.05, 3.63) is 52.9 Å². The minimum absolute atomic E-state index is 0.0238. The zero-order valence-electron chi connectivity index (χ0n) is 13.7. The molecule has 0 spiro atoms. The lowest BCUT2D eigenvalue weighted by molar-refractivity contribution is -0.0592. The Hall–Kier alpha value is -1.98. The van der Waals surface area contributed by atoms with Gasteiger partial charge in [0.2, 0.25) is 0 Å². The fourth-order valence-corrected chi connectivity index (χ4v) is 2.97. The summed E-state index contributed by atoms with van der Waals surface area (Å²) in [6.07, 6.45) is 0.0476. The summed E-state index contributed by atoms with van der Waals surface area (Å²) in [7, 11) is 0. The van der Waals surface area contributed by atoms with Gasteiger partial charge in [0.25, 0.3) is 5.91 Å². The Labute approximate surface area is 146 Å². The van der Waals surface area contributed by atoms with E-state index >= 15 is 0 Å². The molecule has 0 saturated carbocycles. The summed E-state index contributed by atoms with van der Waals surface area (Å²) in [5.74, 6) is 1.35. The highest BCUT2D eigenvalue weighted by Crippen LogP contribution is 2.24. The number of benzene rings is 1. The molecule has 0 N–H and O–H groups in total. The maximum atomic E-state index is 12.5. The van der Waals surface area contributed by atoms with E-state index in [1.807, 2.05) is 26.0 Å². The molecule has 1 amide bonds. The molecule has 128 valence electrons. The molecule has 2 aromatic rings. The fourth-order valence-electron chi connectivity index (χ4n) is 2.78. The quantitative estimate of drug-likeness (QED) is 0.843. The summed E-state index contributed by atoms with van der Waals surface area (Å²) in [6.45, 7) is 5.26. The minimum Gasteiger partial charge on any atom is -0.484 e. The van der Waals surface area contributed by atoms with Crippen molar-refractivity contribution in [1.82, 2.24) is 4.90 Å². The molecule has 0 unspecified atom stereocenters. The van der Waals surface area contributed by atoms with Gasteiger partial charge in [0, 0.05) is 13.1 Å². The van der Waals surface area contributed by atoms with E-state index in [9.17, 15) is 4.79 Å². The van der Waals surface area contributed by atoms with Crippen LogP contribution in [0.25, 0.3) is 0 Å². The molecule has 1 aliphatic heterocycles. The second kappa shape index (κ2) is 7.28. The van der Waals surface area contributed by atoms with Gasteiger partial charge in [0.15, 0.2) is 5.76 Å². The van der Waals surface area contributed by atoms with Crippen LogP contribution in [-0.4, -0.2) is 36.1 Å². The Bertz CT molecular complexity index is 705. The molecule has 0 aliphatic carbocycles. The molecular formula is C18H20ClNO4. The van der Waals surface area contributed by atoms with Gasteiger partial charge in [0.05, 0.1) is 17.2 Å². The van der Waals surface area contributed by atoms with Crippen molar-refractivity contribution >= 4 is 17.5 Å². The zero-order valence-corrected chi connectivity index (χ0v) is 14.5. The van der Waals surface area contributed by atoms with E-state index in [2.05, 4.69) is 0 Å². The minimum atomic E-state index is -0.124. The zero-order chi connectivity index (χ0) is 17.1. The third-order valence-electron chi connectivity index (χ3n) is 3.79. The maximum absolute atomic E-state index is 12.5. The molecule has 6 heteroatoms. The van der Waals surface area contributed by atoms with Crippen molar-refractivity contribution < 1.29 is 18.7 Å². The average molecular weight is 350 g/mol. The van der Waals surface area contributed by atoms with Crippen LogP contribution in [0.1, 0.15) is 30.2 Å². The van der Waals surface area contributed by atoms with Gasteiger partial charge in [0.1, 0.15) is 18.1 Å². The topological polar surface area (TPSA) is 51.9 Å². The number of hydrogen-bond donors (Lipinski definition) is 0. The van der Waals surface area contributed by atoms with Crippen molar-refractivity contribution in [3.63, 3.8) is 0 Å².